The third kappa shape index (κ3) is 21.8. The highest BCUT2D eigenvalue weighted by Gasteiger charge is 2.07. The first kappa shape index (κ1) is 56.5. The molecule has 12 heteroatoms. The SMILES string of the molecule is C.CC(C)c1cccnn1.Cc1cc(C)c(C(C)C)nn1.Cc1ccc(C(C)C)nn1.Cc1ccnnc1C(C)C.Cc1cnnc(C(C)C)c1.Cc1cnnc(C(C)C)c1C. The molecule has 0 aliphatic rings. The van der Waals surface area contributed by atoms with Crippen LogP contribution >= 0.6 is 0 Å². The average molecular weight is 847 g/mol. The van der Waals surface area contributed by atoms with Crippen molar-refractivity contribution in [3.05, 3.63) is 141 Å². The van der Waals surface area contributed by atoms with Crippen LogP contribution in [-0.2, 0) is 0 Å². The Morgan fingerprint density at radius 2 is 0.855 bits per heavy atom. The van der Waals surface area contributed by atoms with E-state index >= 15 is 0 Å². The van der Waals surface area contributed by atoms with Gasteiger partial charge in [-0.25, -0.2) is 0 Å². The van der Waals surface area contributed by atoms with E-state index in [0.29, 0.717) is 35.5 Å². The summed E-state index contributed by atoms with van der Waals surface area (Å²) < 4.78 is 0. The first-order chi connectivity index (χ1) is 28.7. The highest BCUT2D eigenvalue weighted by molar-refractivity contribution is 5.26. The molecule has 0 bridgehead atoms. The molecule has 6 rings (SSSR count). The molecule has 0 spiro atoms. The Kier molecular flexibility index (Phi) is 27.0. The lowest BCUT2D eigenvalue weighted by atomic mass is 10.0. The normalized spacial score (nSPS) is 10.3. The largest absolute Gasteiger partial charge is 0.159 e. The molecule has 12 nitrogen and oxygen atoms in total. The van der Waals surface area contributed by atoms with Crippen LogP contribution in [0.5, 0.6) is 0 Å². The van der Waals surface area contributed by atoms with Crippen molar-refractivity contribution >= 4 is 0 Å². The summed E-state index contributed by atoms with van der Waals surface area (Å²) in [5.74, 6) is 2.87. The summed E-state index contributed by atoms with van der Waals surface area (Å²) in [7, 11) is 0. The minimum absolute atomic E-state index is 0. The van der Waals surface area contributed by atoms with Crippen LogP contribution in [0.1, 0.15) is 199 Å². The molecule has 0 N–H and O–H groups in total. The molecule has 0 aliphatic carbocycles. The van der Waals surface area contributed by atoms with Crippen LogP contribution in [0.15, 0.2) is 67.3 Å². The molecule has 0 amide bonds. The third-order valence-corrected chi connectivity index (χ3v) is 9.13. The van der Waals surface area contributed by atoms with E-state index in [2.05, 4.69) is 184 Å². The van der Waals surface area contributed by atoms with E-state index in [4.69, 9.17) is 0 Å². The Labute approximate surface area is 375 Å². The van der Waals surface area contributed by atoms with Crippen LogP contribution in [-0.4, -0.2) is 61.2 Å². The quantitative estimate of drug-likeness (QED) is 0.157. The minimum atomic E-state index is 0. The van der Waals surface area contributed by atoms with Gasteiger partial charge in [-0.05, 0) is 154 Å². The van der Waals surface area contributed by atoms with Gasteiger partial charge in [0, 0.05) is 12.4 Å². The molecule has 0 aliphatic heterocycles. The van der Waals surface area contributed by atoms with Crippen LogP contribution < -0.4 is 0 Å². The molecular weight excluding hydrogens is 769 g/mol. The molecule has 0 fully saturated rings. The van der Waals surface area contributed by atoms with Gasteiger partial charge in [0.1, 0.15) is 0 Å². The van der Waals surface area contributed by atoms with Crippen molar-refractivity contribution in [1.82, 2.24) is 61.2 Å². The van der Waals surface area contributed by atoms with Crippen LogP contribution in [0.3, 0.4) is 0 Å². The number of rotatable bonds is 6. The van der Waals surface area contributed by atoms with Gasteiger partial charge in [0.15, 0.2) is 0 Å². The Balaban J connectivity index is 0.000000719. The number of nitrogens with zero attached hydrogens (tertiary/aromatic N) is 12. The highest BCUT2D eigenvalue weighted by Crippen LogP contribution is 2.18. The topological polar surface area (TPSA) is 155 Å². The Bertz CT molecular complexity index is 2100. The van der Waals surface area contributed by atoms with Crippen molar-refractivity contribution in [3.63, 3.8) is 0 Å². The highest BCUT2D eigenvalue weighted by atomic mass is 15.1. The predicted molar refractivity (Wildman–Crippen MR) is 257 cm³/mol. The molecule has 0 unspecified atom stereocenters. The molecule has 62 heavy (non-hydrogen) atoms. The van der Waals surface area contributed by atoms with Gasteiger partial charge in [0.25, 0.3) is 0 Å². The average Bonchev–Trinajstić information content (AvgIpc) is 3.20. The summed E-state index contributed by atoms with van der Waals surface area (Å²) in [4.78, 5) is 0. The fourth-order valence-electron chi connectivity index (χ4n) is 5.38. The van der Waals surface area contributed by atoms with E-state index in [1.54, 1.807) is 24.8 Å². The summed E-state index contributed by atoms with van der Waals surface area (Å²) in [5.41, 5.74) is 14.6. The Morgan fingerprint density at radius 3 is 1.26 bits per heavy atom. The van der Waals surface area contributed by atoms with Crippen molar-refractivity contribution in [1.29, 1.82) is 0 Å². The first-order valence-corrected chi connectivity index (χ1v) is 21.4. The zero-order valence-corrected chi connectivity index (χ0v) is 40.7. The summed E-state index contributed by atoms with van der Waals surface area (Å²) >= 11 is 0. The lowest BCUT2D eigenvalue weighted by Crippen LogP contribution is -2.00. The number of aryl methyl sites for hydroxylation is 6. The van der Waals surface area contributed by atoms with Gasteiger partial charge in [-0.1, -0.05) is 90.5 Å². The van der Waals surface area contributed by atoms with E-state index in [9.17, 15) is 0 Å². The zero-order valence-electron chi connectivity index (χ0n) is 40.7. The van der Waals surface area contributed by atoms with Crippen molar-refractivity contribution in [3.8, 4) is 0 Å². The van der Waals surface area contributed by atoms with Gasteiger partial charge in [-0.2, -0.15) is 61.2 Å². The number of hydrogen-bond donors (Lipinski definition) is 0. The van der Waals surface area contributed by atoms with Gasteiger partial charge >= 0.3 is 0 Å². The van der Waals surface area contributed by atoms with Crippen molar-refractivity contribution < 1.29 is 0 Å². The second-order valence-electron chi connectivity index (χ2n) is 17.0. The fourth-order valence-corrected chi connectivity index (χ4v) is 5.38. The van der Waals surface area contributed by atoms with Crippen molar-refractivity contribution in [2.24, 2.45) is 0 Å². The van der Waals surface area contributed by atoms with Gasteiger partial charge in [-0.15, -0.1) is 0 Å². The molecule has 6 aromatic rings. The summed E-state index contributed by atoms with van der Waals surface area (Å²) in [5, 5.41) is 47.5. The lowest BCUT2D eigenvalue weighted by molar-refractivity contribution is 0.765. The lowest BCUT2D eigenvalue weighted by Gasteiger charge is -2.08. The van der Waals surface area contributed by atoms with E-state index in [1.165, 1.54) is 27.8 Å². The van der Waals surface area contributed by atoms with Crippen molar-refractivity contribution in [2.75, 3.05) is 0 Å². The van der Waals surface area contributed by atoms with Crippen LogP contribution in [0.2, 0.25) is 0 Å². The zero-order chi connectivity index (χ0) is 46.2. The van der Waals surface area contributed by atoms with Crippen LogP contribution in [0, 0.1) is 48.5 Å². The molecule has 6 aromatic heterocycles. The van der Waals surface area contributed by atoms with Crippen LogP contribution in [0.25, 0.3) is 0 Å². The standard InChI is InChI=1S/2C9H14N2.3C8H12N2.C7H10N2.CH4/c1-6(2)9-8(4)7(3)5-10-11-9;1-6(2)9-7(3)5-8(4)10-11-9;1-6(2)8-4-7(3)5-9-10-8;1-6(2)8-7(3)4-5-9-10-8;1-6(2)8-5-4-7(3)9-10-8;1-6(2)7-4-3-5-8-9-7;/h2*5-6H,1-4H3;3*4-6H,1-3H3;3-6H,1-2H3;1H4. The third-order valence-electron chi connectivity index (χ3n) is 9.13. The van der Waals surface area contributed by atoms with Gasteiger partial charge in [0.2, 0.25) is 0 Å². The van der Waals surface area contributed by atoms with E-state index in [0.717, 1.165) is 45.6 Å². The second kappa shape index (κ2) is 29.7. The van der Waals surface area contributed by atoms with E-state index in [-0.39, 0.29) is 7.43 Å². The summed E-state index contributed by atoms with van der Waals surface area (Å²) in [6.07, 6.45) is 6.99. The van der Waals surface area contributed by atoms with Gasteiger partial charge in [-0.3, -0.25) is 0 Å². The first-order valence-electron chi connectivity index (χ1n) is 21.4. The summed E-state index contributed by atoms with van der Waals surface area (Å²) in [6.45, 7) is 39.7. The molecular formula is C50H78N12. The summed E-state index contributed by atoms with van der Waals surface area (Å²) in [6, 6.07) is 14.0. The van der Waals surface area contributed by atoms with Gasteiger partial charge in [0.05, 0.1) is 57.9 Å². The number of aromatic nitrogens is 12. The smallest absolute Gasteiger partial charge is 0.0688 e. The van der Waals surface area contributed by atoms with Crippen molar-refractivity contribution in [2.45, 2.75) is 174 Å². The molecule has 0 radical (unpaired) electrons. The van der Waals surface area contributed by atoms with Crippen LogP contribution in [0.4, 0.5) is 0 Å². The molecule has 338 valence electrons. The Morgan fingerprint density at radius 1 is 0.355 bits per heavy atom. The van der Waals surface area contributed by atoms with E-state index in [1.807, 2.05) is 51.1 Å². The minimum Gasteiger partial charge on any atom is -0.159 e. The Hall–Kier alpha value is -5.52. The second-order valence-corrected chi connectivity index (χ2v) is 17.0. The fraction of sp³-hybridized carbons (Fsp3) is 0.520. The molecule has 0 aromatic carbocycles. The maximum absolute atomic E-state index is 4.13. The number of hydrogen-bond acceptors (Lipinski definition) is 12. The van der Waals surface area contributed by atoms with Gasteiger partial charge < -0.3 is 0 Å². The monoisotopic (exact) mass is 847 g/mol. The maximum Gasteiger partial charge on any atom is 0.0688 e. The molecule has 0 atom stereocenters. The molecule has 0 saturated heterocycles. The molecule has 6 heterocycles. The van der Waals surface area contributed by atoms with E-state index < -0.39 is 0 Å². The predicted octanol–water partition coefficient (Wildman–Crippen LogP) is 12.4. The maximum atomic E-state index is 4.13. The molecule has 0 saturated carbocycles.